The molecular weight excluding hydrogens is 893 g/mol. The number of pyridine rings is 2. The maximum absolute atomic E-state index is 5.17. The van der Waals surface area contributed by atoms with Crippen LogP contribution in [-0.2, 0) is 21.7 Å². The molecule has 11 aromatic rings. The average Bonchev–Trinajstić information content (AvgIpc) is 4.02. The Hall–Kier alpha value is -7.68. The molecule has 0 N–H and O–H groups in total. The van der Waals surface area contributed by atoms with Crippen molar-refractivity contribution in [3.8, 4) is 89.3 Å². The molecule has 2 heteroatoms. The van der Waals surface area contributed by atoms with E-state index in [2.05, 4.69) is 229 Å². The van der Waals surface area contributed by atoms with Crippen LogP contribution >= 0.6 is 0 Å². The number of fused-ring (bicyclic) bond motifs is 9. The number of hydrogen-bond acceptors (Lipinski definition) is 2. The van der Waals surface area contributed by atoms with Crippen molar-refractivity contribution < 1.29 is 0 Å². The smallest absolute Gasteiger partial charge is 0.0714 e. The molecule has 13 rings (SSSR count). The Morgan fingerprint density at radius 3 is 0.892 bits per heavy atom. The second-order valence-corrected chi connectivity index (χ2v) is 25.4. The molecule has 2 aromatic heterocycles. The van der Waals surface area contributed by atoms with Gasteiger partial charge in [0.15, 0.2) is 0 Å². The number of benzene rings is 9. The Morgan fingerprint density at radius 1 is 0.270 bits per heavy atom. The zero-order valence-electron chi connectivity index (χ0n) is 45.1. The van der Waals surface area contributed by atoms with Gasteiger partial charge >= 0.3 is 0 Å². The minimum Gasteiger partial charge on any atom is -0.256 e. The van der Waals surface area contributed by atoms with Gasteiger partial charge in [0, 0.05) is 34.6 Å². The van der Waals surface area contributed by atoms with Crippen molar-refractivity contribution in [2.45, 2.75) is 105 Å². The highest BCUT2D eigenvalue weighted by Crippen LogP contribution is 2.65. The fraction of sp³-hybridized carbons (Fsp3) is 0.222. The Labute approximate surface area is 437 Å². The fourth-order valence-corrected chi connectivity index (χ4v) is 12.4. The Kier molecular flexibility index (Phi) is 9.92. The summed E-state index contributed by atoms with van der Waals surface area (Å²) in [7, 11) is 0. The minimum atomic E-state index is -0.0605. The van der Waals surface area contributed by atoms with Crippen molar-refractivity contribution in [2.24, 2.45) is 0 Å². The Morgan fingerprint density at radius 2 is 0.581 bits per heavy atom. The van der Waals surface area contributed by atoms with Crippen molar-refractivity contribution in [3.05, 3.63) is 192 Å². The molecule has 0 aliphatic heterocycles. The van der Waals surface area contributed by atoms with Gasteiger partial charge in [-0.3, -0.25) is 9.97 Å². The van der Waals surface area contributed by atoms with Crippen molar-refractivity contribution in [1.29, 1.82) is 0 Å². The zero-order valence-corrected chi connectivity index (χ0v) is 45.1. The summed E-state index contributed by atoms with van der Waals surface area (Å²) in [5.41, 5.74) is 24.8. The number of hydrogen-bond donors (Lipinski definition) is 0. The molecule has 0 unspecified atom stereocenters. The lowest BCUT2D eigenvalue weighted by Gasteiger charge is -2.29. The second kappa shape index (κ2) is 15.9. The number of nitrogens with zero attached hydrogens (tertiary/aromatic N) is 2. The van der Waals surface area contributed by atoms with Crippen LogP contribution in [0.15, 0.2) is 170 Å². The first kappa shape index (κ1) is 46.1. The lowest BCUT2D eigenvalue weighted by atomic mass is 9.75. The summed E-state index contributed by atoms with van der Waals surface area (Å²) in [6.45, 7) is 28.3. The highest BCUT2D eigenvalue weighted by Gasteiger charge is 2.38. The number of aromatic nitrogens is 2. The van der Waals surface area contributed by atoms with E-state index in [0.717, 1.165) is 11.4 Å². The molecule has 0 atom stereocenters. The third kappa shape index (κ3) is 6.97. The van der Waals surface area contributed by atoms with Crippen LogP contribution in [-0.4, -0.2) is 9.97 Å². The molecule has 2 aliphatic carbocycles. The van der Waals surface area contributed by atoms with E-state index in [4.69, 9.17) is 9.97 Å². The molecular formula is C72H64N2. The second-order valence-electron chi connectivity index (χ2n) is 25.4. The van der Waals surface area contributed by atoms with E-state index < -0.39 is 0 Å². The lowest BCUT2D eigenvalue weighted by molar-refractivity contribution is 0.568. The predicted octanol–water partition coefficient (Wildman–Crippen LogP) is 20.2. The Balaban J connectivity index is 1.23. The van der Waals surface area contributed by atoms with Crippen LogP contribution in [0.5, 0.6) is 0 Å². The first-order chi connectivity index (χ1) is 35.3. The van der Waals surface area contributed by atoms with Crippen molar-refractivity contribution in [2.75, 3.05) is 0 Å². The zero-order chi connectivity index (χ0) is 51.4. The SMILES string of the molecule is CC(C)(C)c1cc(-c2c3c(c(-c4cc(C(C)(C)C)cc(C(C)(C)C)c4)c4ccccc24)-c2ccc4c5c(ccc-3c25)-c2c-4c(-c3ccccn3)c3cc4ccccc4cc3c2-c2ccccn2)cc(C(C)(C)C)c1. The maximum Gasteiger partial charge on any atom is 0.0714 e. The van der Waals surface area contributed by atoms with Gasteiger partial charge in [-0.2, -0.15) is 0 Å². The van der Waals surface area contributed by atoms with Crippen LogP contribution in [0.1, 0.15) is 105 Å². The lowest BCUT2D eigenvalue weighted by Crippen LogP contribution is -2.17. The minimum absolute atomic E-state index is 0.0605. The topological polar surface area (TPSA) is 25.8 Å². The standard InChI is InChI=1S/C72H64N2/c1-69(2,3)45-33-43(34-46(39-45)70(4,5)6)59-49-23-15-16-24-50(49)60(44-35-47(71(7,8)9)40-48(36-44)72(10,11)12)66-52-28-30-54-62-53(29-27-51(61(52)62)65(59)66)67-63(57-25-17-19-31-73-57)55-37-41-21-13-14-22-42(41)38-56(55)64(68(54)67)58-26-18-20-32-74-58/h13-40H,1-12H3. The molecule has 2 heterocycles. The summed E-state index contributed by atoms with van der Waals surface area (Å²) < 4.78 is 0. The van der Waals surface area contributed by atoms with Gasteiger partial charge in [-0.1, -0.05) is 204 Å². The highest BCUT2D eigenvalue weighted by molar-refractivity contribution is 6.35. The molecule has 0 amide bonds. The molecule has 0 spiro atoms. The molecule has 0 fully saturated rings. The van der Waals surface area contributed by atoms with Crippen molar-refractivity contribution in [1.82, 2.24) is 9.97 Å². The van der Waals surface area contributed by atoms with Crippen LogP contribution in [0, 0.1) is 0 Å². The summed E-state index contributed by atoms with van der Waals surface area (Å²) in [6, 6.07) is 60.4. The fourth-order valence-electron chi connectivity index (χ4n) is 12.4. The molecule has 2 aliphatic rings. The van der Waals surface area contributed by atoms with Crippen molar-refractivity contribution >= 4 is 43.1 Å². The van der Waals surface area contributed by atoms with E-state index in [-0.39, 0.29) is 21.7 Å². The van der Waals surface area contributed by atoms with Crippen LogP contribution in [0.25, 0.3) is 132 Å². The van der Waals surface area contributed by atoms with Crippen LogP contribution < -0.4 is 0 Å². The molecule has 74 heavy (non-hydrogen) atoms. The van der Waals surface area contributed by atoms with Gasteiger partial charge in [-0.25, -0.2) is 0 Å². The number of rotatable bonds is 4. The van der Waals surface area contributed by atoms with E-state index in [1.165, 1.54) is 143 Å². The third-order valence-electron chi connectivity index (χ3n) is 16.4. The normalized spacial score (nSPS) is 13.1. The average molecular weight is 957 g/mol. The quantitative estimate of drug-likeness (QED) is 0.164. The van der Waals surface area contributed by atoms with E-state index >= 15 is 0 Å². The van der Waals surface area contributed by atoms with Crippen LogP contribution in [0.2, 0.25) is 0 Å². The van der Waals surface area contributed by atoms with E-state index in [1.54, 1.807) is 0 Å². The van der Waals surface area contributed by atoms with Gasteiger partial charge in [-0.15, -0.1) is 0 Å². The highest BCUT2D eigenvalue weighted by atomic mass is 14.7. The summed E-state index contributed by atoms with van der Waals surface area (Å²) >= 11 is 0. The van der Waals surface area contributed by atoms with Gasteiger partial charge in [0.1, 0.15) is 0 Å². The van der Waals surface area contributed by atoms with E-state index in [1.807, 2.05) is 24.5 Å². The summed E-state index contributed by atoms with van der Waals surface area (Å²) in [5, 5.41) is 9.97. The molecule has 0 saturated carbocycles. The van der Waals surface area contributed by atoms with Gasteiger partial charge in [0.25, 0.3) is 0 Å². The first-order valence-corrected chi connectivity index (χ1v) is 26.6. The summed E-state index contributed by atoms with van der Waals surface area (Å²) in [5.74, 6) is 0. The van der Waals surface area contributed by atoms with Crippen LogP contribution in [0.4, 0.5) is 0 Å². The van der Waals surface area contributed by atoms with Crippen LogP contribution in [0.3, 0.4) is 0 Å². The van der Waals surface area contributed by atoms with Gasteiger partial charge < -0.3 is 0 Å². The molecule has 0 radical (unpaired) electrons. The molecule has 2 nitrogen and oxygen atoms in total. The summed E-state index contributed by atoms with van der Waals surface area (Å²) in [6.07, 6.45) is 3.89. The van der Waals surface area contributed by atoms with Gasteiger partial charge in [-0.05, 0) is 179 Å². The van der Waals surface area contributed by atoms with Gasteiger partial charge in [0.05, 0.1) is 11.4 Å². The maximum atomic E-state index is 5.17. The summed E-state index contributed by atoms with van der Waals surface area (Å²) in [4.78, 5) is 10.3. The monoisotopic (exact) mass is 957 g/mol. The van der Waals surface area contributed by atoms with E-state index in [9.17, 15) is 0 Å². The molecule has 362 valence electrons. The first-order valence-electron chi connectivity index (χ1n) is 26.6. The van der Waals surface area contributed by atoms with Gasteiger partial charge in [0.2, 0.25) is 0 Å². The van der Waals surface area contributed by atoms with E-state index in [0.29, 0.717) is 0 Å². The van der Waals surface area contributed by atoms with Crippen molar-refractivity contribution in [3.63, 3.8) is 0 Å². The molecule has 0 saturated heterocycles. The Bertz CT molecular complexity index is 3850. The molecule has 9 aromatic carbocycles. The predicted molar refractivity (Wildman–Crippen MR) is 317 cm³/mol. The largest absolute Gasteiger partial charge is 0.256 e. The molecule has 0 bridgehead atoms. The third-order valence-corrected chi connectivity index (χ3v) is 16.4.